The summed E-state index contributed by atoms with van der Waals surface area (Å²) in [6, 6.07) is 5.85. The van der Waals surface area contributed by atoms with Crippen LogP contribution >= 0.6 is 0 Å². The molecule has 0 atom stereocenters. The van der Waals surface area contributed by atoms with Gasteiger partial charge in [-0.3, -0.25) is 4.79 Å². The average Bonchev–Trinajstić information content (AvgIpc) is 3.03. The van der Waals surface area contributed by atoms with E-state index in [4.69, 9.17) is 10.1 Å². The third-order valence-electron chi connectivity index (χ3n) is 4.76. The van der Waals surface area contributed by atoms with Gasteiger partial charge in [-0.05, 0) is 30.7 Å². The Morgan fingerprint density at radius 2 is 1.97 bits per heavy atom. The number of fused-ring (bicyclic) bond motifs is 1. The van der Waals surface area contributed by atoms with Gasteiger partial charge in [0, 0.05) is 31.8 Å². The number of nitrogens with zero attached hydrogens (tertiary/aromatic N) is 4. The summed E-state index contributed by atoms with van der Waals surface area (Å²) in [6.07, 6.45) is 6.20. The lowest BCUT2D eigenvalue weighted by Gasteiger charge is -2.23. The SMILES string of the molecule is CC1=CC(=Nc2c(NCCC[N+](C)(C)C)nn3ccccc23)C(NCCO)=CC1=O. The van der Waals surface area contributed by atoms with E-state index in [1.807, 2.05) is 24.4 Å². The van der Waals surface area contributed by atoms with E-state index in [-0.39, 0.29) is 12.4 Å². The normalized spacial score (nSPS) is 16.0. The number of pyridine rings is 1. The smallest absolute Gasteiger partial charge is 0.183 e. The highest BCUT2D eigenvalue weighted by molar-refractivity contribution is 6.22. The maximum atomic E-state index is 12.1. The number of allylic oxidation sites excluding steroid dienone is 3. The van der Waals surface area contributed by atoms with Crippen molar-refractivity contribution in [3.63, 3.8) is 0 Å². The summed E-state index contributed by atoms with van der Waals surface area (Å²) >= 11 is 0. The van der Waals surface area contributed by atoms with Crippen LogP contribution in [-0.2, 0) is 4.79 Å². The predicted molar refractivity (Wildman–Crippen MR) is 120 cm³/mol. The van der Waals surface area contributed by atoms with Crippen LogP contribution in [0.25, 0.3) is 5.52 Å². The largest absolute Gasteiger partial charge is 0.395 e. The Labute approximate surface area is 177 Å². The number of hydrogen-bond acceptors (Lipinski definition) is 6. The van der Waals surface area contributed by atoms with Gasteiger partial charge in [-0.1, -0.05) is 6.07 Å². The van der Waals surface area contributed by atoms with Crippen molar-refractivity contribution in [3.05, 3.63) is 47.8 Å². The van der Waals surface area contributed by atoms with E-state index in [2.05, 4.69) is 36.9 Å². The van der Waals surface area contributed by atoms with Crippen LogP contribution in [0, 0.1) is 0 Å². The number of quaternary nitrogens is 1. The molecule has 2 aromatic rings. The van der Waals surface area contributed by atoms with E-state index in [1.165, 1.54) is 6.08 Å². The molecule has 0 saturated heterocycles. The third kappa shape index (κ3) is 5.34. The van der Waals surface area contributed by atoms with E-state index in [1.54, 1.807) is 17.5 Å². The Bertz CT molecular complexity index is 1010. The van der Waals surface area contributed by atoms with Crippen molar-refractivity contribution in [3.8, 4) is 0 Å². The van der Waals surface area contributed by atoms with Gasteiger partial charge in [-0.2, -0.15) is 0 Å². The van der Waals surface area contributed by atoms with Crippen LogP contribution in [0.4, 0.5) is 11.5 Å². The van der Waals surface area contributed by atoms with E-state index in [0.717, 1.165) is 35.2 Å². The highest BCUT2D eigenvalue weighted by atomic mass is 16.3. The molecule has 8 nitrogen and oxygen atoms in total. The predicted octanol–water partition coefficient (Wildman–Crippen LogP) is 1.91. The molecular formula is C22H31N6O2+. The zero-order valence-electron chi connectivity index (χ0n) is 18.1. The summed E-state index contributed by atoms with van der Waals surface area (Å²) in [5.41, 5.74) is 3.48. The molecule has 0 amide bonds. The zero-order valence-corrected chi connectivity index (χ0v) is 18.1. The number of aliphatic imine (C=N–C) groups is 1. The number of nitrogens with one attached hydrogen (secondary N) is 2. The van der Waals surface area contributed by atoms with Crippen molar-refractivity contribution >= 4 is 28.5 Å². The Morgan fingerprint density at radius 3 is 2.70 bits per heavy atom. The molecule has 0 radical (unpaired) electrons. The van der Waals surface area contributed by atoms with Gasteiger partial charge in [0.15, 0.2) is 11.6 Å². The molecule has 3 N–H and O–H groups in total. The minimum Gasteiger partial charge on any atom is -0.395 e. The zero-order chi connectivity index (χ0) is 21.7. The molecule has 3 rings (SSSR count). The summed E-state index contributed by atoms with van der Waals surface area (Å²) in [7, 11) is 6.53. The number of aliphatic hydroxyl groups excluding tert-OH is 1. The van der Waals surface area contributed by atoms with Crippen molar-refractivity contribution in [1.29, 1.82) is 0 Å². The van der Waals surface area contributed by atoms with Crippen LogP contribution in [0.3, 0.4) is 0 Å². The fourth-order valence-corrected chi connectivity index (χ4v) is 3.19. The van der Waals surface area contributed by atoms with Gasteiger partial charge in [0.25, 0.3) is 0 Å². The first-order valence-corrected chi connectivity index (χ1v) is 10.2. The Morgan fingerprint density at radius 1 is 1.17 bits per heavy atom. The van der Waals surface area contributed by atoms with E-state index < -0.39 is 0 Å². The van der Waals surface area contributed by atoms with Gasteiger partial charge in [0.2, 0.25) is 0 Å². The van der Waals surface area contributed by atoms with Crippen LogP contribution in [0.15, 0.2) is 52.8 Å². The summed E-state index contributed by atoms with van der Waals surface area (Å²) in [6.45, 7) is 3.92. The molecule has 0 spiro atoms. The van der Waals surface area contributed by atoms with Gasteiger partial charge in [-0.15, -0.1) is 5.10 Å². The minimum atomic E-state index is -0.0621. The number of aromatic nitrogens is 2. The molecule has 0 bridgehead atoms. The summed E-state index contributed by atoms with van der Waals surface area (Å²) in [5.74, 6) is 0.646. The molecule has 0 unspecified atom stereocenters. The average molecular weight is 412 g/mol. The third-order valence-corrected chi connectivity index (χ3v) is 4.76. The van der Waals surface area contributed by atoms with E-state index >= 15 is 0 Å². The number of anilines is 1. The first kappa shape index (κ1) is 21.7. The summed E-state index contributed by atoms with van der Waals surface area (Å²) in [4.78, 5) is 17.0. The summed E-state index contributed by atoms with van der Waals surface area (Å²) in [5, 5.41) is 20.3. The van der Waals surface area contributed by atoms with Crippen molar-refractivity contribution in [2.75, 3.05) is 52.7 Å². The van der Waals surface area contributed by atoms with E-state index in [9.17, 15) is 4.79 Å². The number of carbonyl (C=O) groups excluding carboxylic acids is 1. The van der Waals surface area contributed by atoms with Crippen LogP contribution < -0.4 is 10.6 Å². The lowest BCUT2D eigenvalue weighted by molar-refractivity contribution is -0.870. The molecule has 1 aliphatic carbocycles. The molecule has 8 heteroatoms. The molecular weight excluding hydrogens is 380 g/mol. The molecule has 0 aromatic carbocycles. The van der Waals surface area contributed by atoms with Crippen LogP contribution in [0.2, 0.25) is 0 Å². The molecule has 2 heterocycles. The van der Waals surface area contributed by atoms with Crippen LogP contribution in [0.1, 0.15) is 13.3 Å². The second kappa shape index (κ2) is 9.23. The van der Waals surface area contributed by atoms with Gasteiger partial charge in [-0.25, -0.2) is 9.51 Å². The van der Waals surface area contributed by atoms with Gasteiger partial charge in [0.05, 0.1) is 51.2 Å². The topological polar surface area (TPSA) is 91.0 Å². The Kier molecular flexibility index (Phi) is 6.69. The van der Waals surface area contributed by atoms with Gasteiger partial charge in [0.1, 0.15) is 5.69 Å². The fraction of sp³-hybridized carbons (Fsp3) is 0.409. The maximum Gasteiger partial charge on any atom is 0.183 e. The quantitative estimate of drug-likeness (QED) is 0.333. The monoisotopic (exact) mass is 411 g/mol. The van der Waals surface area contributed by atoms with Crippen molar-refractivity contribution < 1.29 is 14.4 Å². The molecule has 0 fully saturated rings. The van der Waals surface area contributed by atoms with E-state index in [0.29, 0.717) is 29.3 Å². The number of aliphatic hydroxyl groups is 1. The van der Waals surface area contributed by atoms with Gasteiger partial charge < -0.3 is 20.2 Å². The number of carbonyl (C=O) groups is 1. The van der Waals surface area contributed by atoms with Crippen LogP contribution in [-0.4, -0.2) is 78.1 Å². The molecule has 30 heavy (non-hydrogen) atoms. The lowest BCUT2D eigenvalue weighted by Crippen LogP contribution is -2.36. The standard InChI is InChI=1S/C22H30N6O2/c1-16-14-18(17(15-20(16)30)23-10-13-29)25-21-19-8-5-6-11-27(19)26-22(21)24-9-7-12-28(2,3)4/h5-6,8,11,14-15,29H,7,9-10,12-13H2,1-4H3,(H-,23,24,26,30)/p+1. The number of hydrogen-bond donors (Lipinski definition) is 3. The number of rotatable bonds is 9. The van der Waals surface area contributed by atoms with Crippen molar-refractivity contribution in [2.24, 2.45) is 4.99 Å². The summed E-state index contributed by atoms with van der Waals surface area (Å²) < 4.78 is 2.71. The lowest BCUT2D eigenvalue weighted by atomic mass is 10.0. The number of ketones is 1. The molecule has 0 aliphatic heterocycles. The Balaban J connectivity index is 1.95. The Hall–Kier alpha value is -2.97. The first-order chi connectivity index (χ1) is 14.3. The van der Waals surface area contributed by atoms with Crippen LogP contribution in [0.5, 0.6) is 0 Å². The fourth-order valence-electron chi connectivity index (χ4n) is 3.19. The highest BCUT2D eigenvalue weighted by Gasteiger charge is 2.19. The second-order valence-electron chi connectivity index (χ2n) is 8.42. The highest BCUT2D eigenvalue weighted by Crippen LogP contribution is 2.31. The molecule has 2 aromatic heterocycles. The van der Waals surface area contributed by atoms with Crippen molar-refractivity contribution in [2.45, 2.75) is 13.3 Å². The van der Waals surface area contributed by atoms with Gasteiger partial charge >= 0.3 is 0 Å². The van der Waals surface area contributed by atoms with Crippen molar-refractivity contribution in [1.82, 2.24) is 14.9 Å². The first-order valence-electron chi connectivity index (χ1n) is 10.2. The second-order valence-corrected chi connectivity index (χ2v) is 8.42. The molecule has 0 saturated carbocycles. The molecule has 160 valence electrons. The molecule has 1 aliphatic rings. The maximum absolute atomic E-state index is 12.1. The minimum absolute atomic E-state index is 0.0304.